The number of rotatable bonds is 3. The summed E-state index contributed by atoms with van der Waals surface area (Å²) in [5.41, 5.74) is 2.54. The van der Waals surface area contributed by atoms with Crippen molar-refractivity contribution in [2.24, 2.45) is 5.92 Å². The lowest BCUT2D eigenvalue weighted by atomic mass is 9.98. The van der Waals surface area contributed by atoms with E-state index in [1.165, 1.54) is 0 Å². The molecular formula is C16H27N3O4. The number of amides is 3. The van der Waals surface area contributed by atoms with Crippen molar-refractivity contribution in [3.05, 3.63) is 0 Å². The summed E-state index contributed by atoms with van der Waals surface area (Å²) in [7, 11) is 0. The molecule has 3 heterocycles. The molecule has 0 aromatic carbocycles. The molecule has 0 saturated carbocycles. The zero-order chi connectivity index (χ0) is 16.1. The molecule has 0 aromatic heterocycles. The van der Waals surface area contributed by atoms with Gasteiger partial charge in [0.05, 0.1) is 5.92 Å². The lowest BCUT2D eigenvalue weighted by Gasteiger charge is -2.34. The maximum atomic E-state index is 12.4. The topological polar surface area (TPSA) is 71.1 Å². The SMILES string of the molecule is O=C(NO[C@@H]1CCCCO1)[C@H]1CCCN(C(=O)N2CCCC2)C1. The van der Waals surface area contributed by atoms with Gasteiger partial charge in [-0.25, -0.2) is 15.1 Å². The molecule has 3 rings (SSSR count). The van der Waals surface area contributed by atoms with Gasteiger partial charge >= 0.3 is 6.03 Å². The van der Waals surface area contributed by atoms with Gasteiger partial charge in [-0.2, -0.15) is 0 Å². The first-order valence-electron chi connectivity index (χ1n) is 8.85. The molecule has 3 saturated heterocycles. The van der Waals surface area contributed by atoms with Gasteiger partial charge in [0.1, 0.15) is 0 Å². The van der Waals surface area contributed by atoms with Gasteiger partial charge in [0.15, 0.2) is 6.29 Å². The van der Waals surface area contributed by atoms with Crippen molar-refractivity contribution in [3.8, 4) is 0 Å². The highest BCUT2D eigenvalue weighted by molar-refractivity contribution is 5.80. The van der Waals surface area contributed by atoms with E-state index in [1.807, 2.05) is 9.80 Å². The summed E-state index contributed by atoms with van der Waals surface area (Å²) in [6.07, 6.45) is 6.40. The van der Waals surface area contributed by atoms with Crippen molar-refractivity contribution in [1.82, 2.24) is 15.3 Å². The Hall–Kier alpha value is -1.34. The largest absolute Gasteiger partial charge is 0.350 e. The summed E-state index contributed by atoms with van der Waals surface area (Å²) in [5, 5.41) is 0. The van der Waals surface area contributed by atoms with Crippen LogP contribution in [0.15, 0.2) is 0 Å². The maximum absolute atomic E-state index is 12.4. The first-order valence-corrected chi connectivity index (χ1v) is 8.85. The zero-order valence-electron chi connectivity index (χ0n) is 13.7. The third-order valence-corrected chi connectivity index (χ3v) is 4.87. The molecule has 130 valence electrons. The molecule has 3 amide bonds. The highest BCUT2D eigenvalue weighted by Gasteiger charge is 2.32. The molecule has 0 radical (unpaired) electrons. The van der Waals surface area contributed by atoms with Gasteiger partial charge in [-0.15, -0.1) is 0 Å². The van der Waals surface area contributed by atoms with Crippen molar-refractivity contribution in [2.75, 3.05) is 32.8 Å². The number of likely N-dealkylation sites (tertiary alicyclic amines) is 2. The molecule has 3 aliphatic rings. The van der Waals surface area contributed by atoms with Crippen LogP contribution in [-0.4, -0.2) is 60.8 Å². The summed E-state index contributed by atoms with van der Waals surface area (Å²) in [4.78, 5) is 33.8. The quantitative estimate of drug-likeness (QED) is 0.798. The molecule has 0 unspecified atom stereocenters. The molecule has 1 N–H and O–H groups in total. The number of piperidine rings is 1. The van der Waals surface area contributed by atoms with Gasteiger partial charge in [0.25, 0.3) is 0 Å². The van der Waals surface area contributed by atoms with Crippen LogP contribution < -0.4 is 5.48 Å². The van der Waals surface area contributed by atoms with Crippen LogP contribution >= 0.6 is 0 Å². The highest BCUT2D eigenvalue weighted by Crippen LogP contribution is 2.20. The Morgan fingerprint density at radius 1 is 0.957 bits per heavy atom. The Kier molecular flexibility index (Phi) is 5.72. The van der Waals surface area contributed by atoms with Crippen molar-refractivity contribution in [1.29, 1.82) is 0 Å². The Morgan fingerprint density at radius 3 is 2.48 bits per heavy atom. The van der Waals surface area contributed by atoms with E-state index >= 15 is 0 Å². The van der Waals surface area contributed by atoms with E-state index in [1.54, 1.807) is 0 Å². The minimum absolute atomic E-state index is 0.0801. The summed E-state index contributed by atoms with van der Waals surface area (Å²) >= 11 is 0. The number of hydrogen-bond donors (Lipinski definition) is 1. The van der Waals surface area contributed by atoms with Gasteiger partial charge in [-0.1, -0.05) is 0 Å². The summed E-state index contributed by atoms with van der Waals surface area (Å²) in [5.74, 6) is -0.336. The average molecular weight is 325 g/mol. The van der Waals surface area contributed by atoms with E-state index in [0.717, 1.165) is 64.6 Å². The average Bonchev–Trinajstić information content (AvgIpc) is 3.14. The summed E-state index contributed by atoms with van der Waals surface area (Å²) in [6.45, 7) is 3.59. The fourth-order valence-electron chi connectivity index (χ4n) is 3.48. The predicted molar refractivity (Wildman–Crippen MR) is 83.3 cm³/mol. The molecule has 23 heavy (non-hydrogen) atoms. The number of ether oxygens (including phenoxy) is 1. The number of urea groups is 1. The Balaban J connectivity index is 1.45. The summed E-state index contributed by atoms with van der Waals surface area (Å²) in [6, 6.07) is 0.0801. The molecule has 0 aliphatic carbocycles. The number of hydroxylamine groups is 1. The second-order valence-corrected chi connectivity index (χ2v) is 6.64. The fraction of sp³-hybridized carbons (Fsp3) is 0.875. The van der Waals surface area contributed by atoms with Crippen LogP contribution in [0.3, 0.4) is 0 Å². The van der Waals surface area contributed by atoms with Crippen molar-refractivity contribution in [2.45, 2.75) is 51.2 Å². The predicted octanol–water partition coefficient (Wildman–Crippen LogP) is 1.49. The van der Waals surface area contributed by atoms with Crippen LogP contribution in [0.4, 0.5) is 4.79 Å². The Labute approximate surface area is 137 Å². The van der Waals surface area contributed by atoms with E-state index < -0.39 is 0 Å². The third kappa shape index (κ3) is 4.35. The van der Waals surface area contributed by atoms with Crippen LogP contribution in [0.2, 0.25) is 0 Å². The van der Waals surface area contributed by atoms with Gasteiger partial charge < -0.3 is 14.5 Å². The van der Waals surface area contributed by atoms with Crippen LogP contribution in [-0.2, 0) is 14.4 Å². The second-order valence-electron chi connectivity index (χ2n) is 6.64. The number of nitrogens with zero attached hydrogens (tertiary/aromatic N) is 2. The monoisotopic (exact) mass is 325 g/mol. The van der Waals surface area contributed by atoms with Gasteiger partial charge in [-0.3, -0.25) is 4.79 Å². The molecule has 0 spiro atoms. The van der Waals surface area contributed by atoms with E-state index in [4.69, 9.17) is 9.57 Å². The lowest BCUT2D eigenvalue weighted by Crippen LogP contribution is -2.50. The van der Waals surface area contributed by atoms with E-state index in [2.05, 4.69) is 5.48 Å². The van der Waals surface area contributed by atoms with Crippen LogP contribution in [0.1, 0.15) is 44.9 Å². The highest BCUT2D eigenvalue weighted by atomic mass is 16.8. The lowest BCUT2D eigenvalue weighted by molar-refractivity contribution is -0.202. The first kappa shape index (κ1) is 16.5. The van der Waals surface area contributed by atoms with Gasteiger partial charge in [0.2, 0.25) is 5.91 Å². The van der Waals surface area contributed by atoms with Crippen LogP contribution in [0.25, 0.3) is 0 Å². The Bertz CT molecular complexity index is 420. The third-order valence-electron chi connectivity index (χ3n) is 4.87. The van der Waals surface area contributed by atoms with Gasteiger partial charge in [0, 0.05) is 39.2 Å². The number of carbonyl (C=O) groups excluding carboxylic acids is 2. The summed E-state index contributed by atoms with van der Waals surface area (Å²) < 4.78 is 5.43. The molecule has 0 aromatic rings. The second kappa shape index (κ2) is 7.97. The Morgan fingerprint density at radius 2 is 1.74 bits per heavy atom. The number of nitrogens with one attached hydrogen (secondary N) is 1. The molecule has 7 heteroatoms. The normalized spacial score (nSPS) is 28.7. The molecule has 3 aliphatic heterocycles. The minimum Gasteiger partial charge on any atom is -0.350 e. The fourth-order valence-corrected chi connectivity index (χ4v) is 3.48. The standard InChI is InChI=1S/C16H27N3O4/c20-15(17-23-14-7-1-4-11-22-14)13-6-5-10-19(12-13)16(21)18-8-2-3-9-18/h13-14H,1-12H2,(H,17,20)/t13-,14+/m0/s1. The number of hydrogen-bond acceptors (Lipinski definition) is 4. The number of carbonyl (C=O) groups is 2. The van der Waals surface area contributed by atoms with Crippen LogP contribution in [0, 0.1) is 5.92 Å². The molecule has 0 bridgehead atoms. The minimum atomic E-state index is -0.335. The van der Waals surface area contributed by atoms with E-state index in [-0.39, 0.29) is 24.1 Å². The molecule has 3 fully saturated rings. The van der Waals surface area contributed by atoms with E-state index in [9.17, 15) is 9.59 Å². The molecular weight excluding hydrogens is 298 g/mol. The smallest absolute Gasteiger partial charge is 0.320 e. The zero-order valence-corrected chi connectivity index (χ0v) is 13.7. The molecule has 2 atom stereocenters. The maximum Gasteiger partial charge on any atom is 0.320 e. The van der Waals surface area contributed by atoms with Crippen molar-refractivity contribution < 1.29 is 19.2 Å². The van der Waals surface area contributed by atoms with Crippen LogP contribution in [0.5, 0.6) is 0 Å². The van der Waals surface area contributed by atoms with Crippen molar-refractivity contribution in [3.63, 3.8) is 0 Å². The first-order chi connectivity index (χ1) is 11.2. The molecule has 7 nitrogen and oxygen atoms in total. The van der Waals surface area contributed by atoms with E-state index in [0.29, 0.717) is 13.2 Å². The van der Waals surface area contributed by atoms with Gasteiger partial charge in [-0.05, 0) is 38.5 Å². The van der Waals surface area contributed by atoms with Crippen molar-refractivity contribution >= 4 is 11.9 Å².